The summed E-state index contributed by atoms with van der Waals surface area (Å²) in [4.78, 5) is 8.81. The highest BCUT2D eigenvalue weighted by Gasteiger charge is 2.22. The minimum atomic E-state index is -0.0471. The molecule has 1 rings (SSSR count). The van der Waals surface area contributed by atoms with Gasteiger partial charge in [-0.2, -0.15) is 11.8 Å². The Balaban J connectivity index is 3.12. The van der Waals surface area contributed by atoms with Crippen LogP contribution in [0.5, 0.6) is 0 Å². The molecule has 1 aromatic rings. The number of alkyl halides is 1. The van der Waals surface area contributed by atoms with Crippen molar-refractivity contribution >= 4 is 23.4 Å². The number of nitrogens with zero attached hydrogens (tertiary/aromatic N) is 2. The molecule has 0 unspecified atom stereocenters. The topological polar surface area (TPSA) is 25.8 Å². The van der Waals surface area contributed by atoms with Gasteiger partial charge in [0.25, 0.3) is 0 Å². The zero-order valence-corrected chi connectivity index (χ0v) is 10.5. The molecule has 0 saturated heterocycles. The molecular formula is C10H15ClN2S. The van der Waals surface area contributed by atoms with Crippen molar-refractivity contribution in [2.24, 2.45) is 0 Å². The normalized spacial score (nSPS) is 11.8. The highest BCUT2D eigenvalue weighted by atomic mass is 35.5. The summed E-state index contributed by atoms with van der Waals surface area (Å²) in [6, 6.07) is 0. The van der Waals surface area contributed by atoms with Crippen LogP contribution < -0.4 is 0 Å². The van der Waals surface area contributed by atoms with Crippen LogP contribution in [-0.4, -0.2) is 16.2 Å². The zero-order valence-electron chi connectivity index (χ0n) is 8.97. The maximum atomic E-state index is 5.80. The molecule has 14 heavy (non-hydrogen) atoms. The Kier molecular flexibility index (Phi) is 3.78. The fourth-order valence-electron chi connectivity index (χ4n) is 0.994. The van der Waals surface area contributed by atoms with Crippen LogP contribution in [0.2, 0.25) is 0 Å². The molecule has 0 fully saturated rings. The summed E-state index contributed by atoms with van der Waals surface area (Å²) in [5.41, 5.74) is 1.99. The summed E-state index contributed by atoms with van der Waals surface area (Å²) in [7, 11) is 0. The molecule has 78 valence electrons. The number of aryl methyl sites for hydroxylation is 1. The van der Waals surface area contributed by atoms with E-state index in [1.165, 1.54) is 0 Å². The predicted octanol–water partition coefficient (Wildman–Crippen LogP) is 3.12. The van der Waals surface area contributed by atoms with Gasteiger partial charge in [-0.15, -0.1) is 11.6 Å². The summed E-state index contributed by atoms with van der Waals surface area (Å²) in [6.07, 6.45) is 3.90. The second kappa shape index (κ2) is 4.49. The van der Waals surface area contributed by atoms with Crippen molar-refractivity contribution in [1.82, 2.24) is 9.97 Å². The van der Waals surface area contributed by atoms with Crippen LogP contribution in [0.25, 0.3) is 0 Å². The van der Waals surface area contributed by atoms with E-state index < -0.39 is 0 Å². The van der Waals surface area contributed by atoms with Gasteiger partial charge in [0, 0.05) is 6.20 Å². The summed E-state index contributed by atoms with van der Waals surface area (Å²) >= 11 is 7.54. The number of hydrogen-bond acceptors (Lipinski definition) is 3. The molecule has 1 aromatic heterocycles. The van der Waals surface area contributed by atoms with E-state index >= 15 is 0 Å². The lowest BCUT2D eigenvalue weighted by Gasteiger charge is -2.20. The quantitative estimate of drug-likeness (QED) is 0.747. The van der Waals surface area contributed by atoms with E-state index in [-0.39, 0.29) is 4.75 Å². The lowest BCUT2D eigenvalue weighted by molar-refractivity contribution is 0.700. The number of aromatic nitrogens is 2. The number of hydrogen-bond donors (Lipinski definition) is 0. The van der Waals surface area contributed by atoms with Gasteiger partial charge in [-0.3, -0.25) is 0 Å². The fraction of sp³-hybridized carbons (Fsp3) is 0.600. The summed E-state index contributed by atoms with van der Waals surface area (Å²) in [5, 5.41) is 0. The molecule has 0 aliphatic carbocycles. The number of rotatable bonds is 3. The van der Waals surface area contributed by atoms with Gasteiger partial charge in [-0.05, 0) is 32.6 Å². The first-order chi connectivity index (χ1) is 6.51. The first-order valence-corrected chi connectivity index (χ1v) is 6.21. The van der Waals surface area contributed by atoms with Gasteiger partial charge in [0.15, 0.2) is 0 Å². The van der Waals surface area contributed by atoms with E-state index in [1.807, 2.05) is 13.1 Å². The van der Waals surface area contributed by atoms with Crippen LogP contribution in [0.4, 0.5) is 0 Å². The summed E-state index contributed by atoms with van der Waals surface area (Å²) in [6.45, 7) is 6.20. The Morgan fingerprint density at radius 1 is 1.50 bits per heavy atom. The third kappa shape index (κ3) is 2.39. The molecule has 0 aromatic carbocycles. The van der Waals surface area contributed by atoms with E-state index in [4.69, 9.17) is 11.6 Å². The second-order valence-electron chi connectivity index (χ2n) is 3.67. The molecule has 0 saturated carbocycles. The maximum absolute atomic E-state index is 5.80. The van der Waals surface area contributed by atoms with Crippen LogP contribution in [0.15, 0.2) is 6.20 Å². The fourth-order valence-corrected chi connectivity index (χ4v) is 1.55. The van der Waals surface area contributed by atoms with Gasteiger partial charge in [0.1, 0.15) is 5.82 Å². The molecule has 4 heteroatoms. The minimum absolute atomic E-state index is 0.0471. The predicted molar refractivity (Wildman–Crippen MR) is 62.9 cm³/mol. The van der Waals surface area contributed by atoms with E-state index in [0.29, 0.717) is 5.88 Å². The molecule has 0 aliphatic rings. The average molecular weight is 231 g/mol. The Labute approximate surface area is 94.5 Å². The van der Waals surface area contributed by atoms with E-state index in [2.05, 4.69) is 30.1 Å². The maximum Gasteiger partial charge on any atom is 0.144 e. The Morgan fingerprint density at radius 2 is 2.14 bits per heavy atom. The van der Waals surface area contributed by atoms with Crippen molar-refractivity contribution in [1.29, 1.82) is 0 Å². The van der Waals surface area contributed by atoms with Crippen molar-refractivity contribution < 1.29 is 0 Å². The minimum Gasteiger partial charge on any atom is -0.240 e. The van der Waals surface area contributed by atoms with Gasteiger partial charge in [-0.1, -0.05) is 0 Å². The van der Waals surface area contributed by atoms with Crippen molar-refractivity contribution in [3.63, 3.8) is 0 Å². The molecule has 0 bridgehead atoms. The standard InChI is InChI=1S/C10H15ClN2S/c1-7-6-12-9(10(2,3)14-4)13-8(7)5-11/h6H,5H2,1-4H3. The van der Waals surface area contributed by atoms with Crippen molar-refractivity contribution in [2.45, 2.75) is 31.4 Å². The summed E-state index contributed by atoms with van der Waals surface area (Å²) < 4.78 is -0.0471. The monoisotopic (exact) mass is 230 g/mol. The number of thioether (sulfide) groups is 1. The van der Waals surface area contributed by atoms with E-state index in [0.717, 1.165) is 17.1 Å². The molecular weight excluding hydrogens is 216 g/mol. The van der Waals surface area contributed by atoms with Crippen molar-refractivity contribution in [2.75, 3.05) is 6.26 Å². The van der Waals surface area contributed by atoms with Gasteiger partial charge in [-0.25, -0.2) is 9.97 Å². The molecule has 0 N–H and O–H groups in total. The van der Waals surface area contributed by atoms with Gasteiger partial charge in [0.05, 0.1) is 16.3 Å². The van der Waals surface area contributed by atoms with Crippen molar-refractivity contribution in [3.05, 3.63) is 23.3 Å². The Morgan fingerprint density at radius 3 is 2.64 bits per heavy atom. The molecule has 0 aliphatic heterocycles. The smallest absolute Gasteiger partial charge is 0.144 e. The van der Waals surface area contributed by atoms with Crippen LogP contribution in [0.1, 0.15) is 30.9 Å². The number of halogens is 1. The van der Waals surface area contributed by atoms with Gasteiger partial charge >= 0.3 is 0 Å². The largest absolute Gasteiger partial charge is 0.240 e. The van der Waals surface area contributed by atoms with Crippen LogP contribution in [0.3, 0.4) is 0 Å². The van der Waals surface area contributed by atoms with E-state index in [1.54, 1.807) is 11.8 Å². The molecule has 0 atom stereocenters. The first kappa shape index (κ1) is 11.8. The highest BCUT2D eigenvalue weighted by molar-refractivity contribution is 7.99. The zero-order chi connectivity index (χ0) is 10.8. The Hall–Kier alpha value is -0.280. The third-order valence-corrected chi connectivity index (χ3v) is 3.71. The lowest BCUT2D eigenvalue weighted by atomic mass is 10.2. The second-order valence-corrected chi connectivity index (χ2v) is 5.37. The van der Waals surface area contributed by atoms with Crippen LogP contribution in [0, 0.1) is 6.92 Å². The molecule has 0 amide bonds. The van der Waals surface area contributed by atoms with Crippen LogP contribution >= 0.6 is 23.4 Å². The van der Waals surface area contributed by atoms with Gasteiger partial charge in [0.2, 0.25) is 0 Å². The molecule has 2 nitrogen and oxygen atoms in total. The summed E-state index contributed by atoms with van der Waals surface area (Å²) in [5.74, 6) is 1.30. The first-order valence-electron chi connectivity index (χ1n) is 4.45. The molecule has 1 heterocycles. The lowest BCUT2D eigenvalue weighted by Crippen LogP contribution is -2.17. The van der Waals surface area contributed by atoms with E-state index in [9.17, 15) is 0 Å². The third-order valence-electron chi connectivity index (χ3n) is 2.25. The van der Waals surface area contributed by atoms with Gasteiger partial charge < -0.3 is 0 Å². The van der Waals surface area contributed by atoms with Crippen molar-refractivity contribution in [3.8, 4) is 0 Å². The average Bonchev–Trinajstić information content (AvgIpc) is 2.18. The molecule has 0 spiro atoms. The van der Waals surface area contributed by atoms with Crippen LogP contribution in [-0.2, 0) is 10.6 Å². The Bertz CT molecular complexity index is 326. The SMILES string of the molecule is CSC(C)(C)c1ncc(C)c(CCl)n1. The highest BCUT2D eigenvalue weighted by Crippen LogP contribution is 2.31. The molecule has 0 radical (unpaired) electrons.